The Morgan fingerprint density at radius 1 is 1.21 bits per heavy atom. The molecule has 0 bridgehead atoms. The zero-order valence-corrected chi connectivity index (χ0v) is 15.3. The lowest BCUT2D eigenvalue weighted by Crippen LogP contribution is -2.30. The van der Waals surface area contributed by atoms with Gasteiger partial charge in [0.1, 0.15) is 17.2 Å². The Hall–Kier alpha value is -3.61. The predicted octanol–water partition coefficient (Wildman–Crippen LogP) is 2.72. The normalized spacial score (nSPS) is 11.0. The summed E-state index contributed by atoms with van der Waals surface area (Å²) in [6.07, 6.45) is 0.606. The van der Waals surface area contributed by atoms with Gasteiger partial charge in [0.05, 0.1) is 11.0 Å². The number of imidazole rings is 1. The molecule has 0 aliphatic carbocycles. The van der Waals surface area contributed by atoms with E-state index in [4.69, 9.17) is 9.15 Å². The van der Waals surface area contributed by atoms with Gasteiger partial charge < -0.3 is 19.5 Å². The molecule has 0 spiro atoms. The molecule has 7 nitrogen and oxygen atoms in total. The molecule has 0 unspecified atom stereocenters. The first-order valence-electron chi connectivity index (χ1n) is 8.96. The van der Waals surface area contributed by atoms with Crippen LogP contribution in [0, 0.1) is 6.92 Å². The molecule has 0 atom stereocenters. The fraction of sp³-hybridized carbons (Fsp3) is 0.190. The van der Waals surface area contributed by atoms with Gasteiger partial charge in [0.15, 0.2) is 6.61 Å². The lowest BCUT2D eigenvalue weighted by atomic mass is 10.1. The standard InChI is InChI=1S/C21H19N3O4/c1-13-10-21(26)28-18-7-6-14(11-15(13)18)27-12-20(25)22-9-8-19-23-16-4-2-3-5-17(16)24-19/h2-7,10-11H,8-9,12H2,1H3,(H,22,25)(H,23,24). The van der Waals surface area contributed by atoms with Gasteiger partial charge in [-0.2, -0.15) is 0 Å². The molecule has 0 aliphatic heterocycles. The number of nitrogens with one attached hydrogen (secondary N) is 2. The van der Waals surface area contributed by atoms with E-state index in [0.29, 0.717) is 24.3 Å². The SMILES string of the molecule is Cc1cc(=O)oc2ccc(OCC(=O)NCCc3nc4ccccc4[nH]3)cc12. The van der Waals surface area contributed by atoms with Crippen LogP contribution in [0.2, 0.25) is 0 Å². The number of fused-ring (bicyclic) bond motifs is 2. The average Bonchev–Trinajstić information content (AvgIpc) is 3.09. The highest BCUT2D eigenvalue weighted by atomic mass is 16.5. The molecule has 0 saturated heterocycles. The maximum absolute atomic E-state index is 12.0. The third kappa shape index (κ3) is 3.88. The number of aromatic nitrogens is 2. The molecule has 7 heteroatoms. The third-order valence-electron chi connectivity index (χ3n) is 4.41. The van der Waals surface area contributed by atoms with E-state index >= 15 is 0 Å². The number of H-pyrrole nitrogens is 1. The first kappa shape index (κ1) is 17.8. The summed E-state index contributed by atoms with van der Waals surface area (Å²) in [5.41, 5.74) is 2.80. The molecule has 2 aromatic carbocycles. The minimum absolute atomic E-state index is 0.0958. The molecule has 0 fully saturated rings. The fourth-order valence-electron chi connectivity index (χ4n) is 3.03. The second-order valence-electron chi connectivity index (χ2n) is 6.50. The van der Waals surface area contributed by atoms with Gasteiger partial charge in [0.2, 0.25) is 0 Å². The summed E-state index contributed by atoms with van der Waals surface area (Å²) in [6, 6.07) is 14.3. The molecule has 2 aromatic heterocycles. The zero-order chi connectivity index (χ0) is 19.5. The van der Waals surface area contributed by atoms with Gasteiger partial charge in [-0.15, -0.1) is 0 Å². The molecule has 142 valence electrons. The van der Waals surface area contributed by atoms with Crippen molar-refractivity contribution >= 4 is 27.9 Å². The summed E-state index contributed by atoms with van der Waals surface area (Å²) in [5, 5.41) is 3.60. The van der Waals surface area contributed by atoms with Crippen molar-refractivity contribution in [3.8, 4) is 5.75 Å². The monoisotopic (exact) mass is 377 g/mol. The number of aromatic amines is 1. The number of carbonyl (C=O) groups excluding carboxylic acids is 1. The van der Waals surface area contributed by atoms with Crippen molar-refractivity contribution in [3.63, 3.8) is 0 Å². The van der Waals surface area contributed by atoms with Gasteiger partial charge in [-0.3, -0.25) is 4.79 Å². The molecule has 2 N–H and O–H groups in total. The molecule has 4 aromatic rings. The summed E-state index contributed by atoms with van der Waals surface area (Å²) in [5.74, 6) is 1.15. The Kier molecular flexibility index (Phi) is 4.80. The number of aryl methyl sites for hydroxylation is 1. The molecule has 4 rings (SSSR count). The zero-order valence-electron chi connectivity index (χ0n) is 15.3. The summed E-state index contributed by atoms with van der Waals surface area (Å²) in [7, 11) is 0. The van der Waals surface area contributed by atoms with Crippen molar-refractivity contribution in [2.75, 3.05) is 13.2 Å². The van der Waals surface area contributed by atoms with Crippen LogP contribution in [0.5, 0.6) is 5.75 Å². The first-order valence-corrected chi connectivity index (χ1v) is 8.96. The van der Waals surface area contributed by atoms with E-state index in [1.807, 2.05) is 31.2 Å². The van der Waals surface area contributed by atoms with E-state index in [1.54, 1.807) is 18.2 Å². The highest BCUT2D eigenvalue weighted by Crippen LogP contribution is 2.22. The van der Waals surface area contributed by atoms with Crippen molar-refractivity contribution in [1.29, 1.82) is 0 Å². The molecule has 0 radical (unpaired) electrons. The highest BCUT2D eigenvalue weighted by Gasteiger charge is 2.07. The minimum atomic E-state index is -0.387. The smallest absolute Gasteiger partial charge is 0.336 e. The van der Waals surface area contributed by atoms with Gasteiger partial charge in [0, 0.05) is 24.4 Å². The van der Waals surface area contributed by atoms with Gasteiger partial charge >= 0.3 is 5.63 Å². The van der Waals surface area contributed by atoms with Crippen LogP contribution >= 0.6 is 0 Å². The van der Waals surface area contributed by atoms with Crippen LogP contribution in [0.4, 0.5) is 0 Å². The number of rotatable bonds is 6. The van der Waals surface area contributed by atoms with Crippen LogP contribution in [0.25, 0.3) is 22.0 Å². The number of nitrogens with zero attached hydrogens (tertiary/aromatic N) is 1. The Bertz CT molecular complexity index is 1180. The maximum Gasteiger partial charge on any atom is 0.336 e. The number of hydrogen-bond acceptors (Lipinski definition) is 5. The lowest BCUT2D eigenvalue weighted by Gasteiger charge is -2.08. The second-order valence-corrected chi connectivity index (χ2v) is 6.50. The van der Waals surface area contributed by atoms with Crippen LogP contribution in [-0.4, -0.2) is 29.0 Å². The number of ether oxygens (including phenoxy) is 1. The largest absolute Gasteiger partial charge is 0.484 e. The van der Waals surface area contributed by atoms with Crippen molar-refractivity contribution in [2.24, 2.45) is 0 Å². The summed E-state index contributed by atoms with van der Waals surface area (Å²) in [6.45, 7) is 2.19. The van der Waals surface area contributed by atoms with E-state index in [-0.39, 0.29) is 18.1 Å². The maximum atomic E-state index is 12.0. The van der Waals surface area contributed by atoms with Crippen molar-refractivity contribution < 1.29 is 13.9 Å². The van der Waals surface area contributed by atoms with Crippen molar-refractivity contribution in [3.05, 3.63) is 70.3 Å². The number of hydrogen-bond donors (Lipinski definition) is 2. The molecule has 28 heavy (non-hydrogen) atoms. The lowest BCUT2D eigenvalue weighted by molar-refractivity contribution is -0.123. The van der Waals surface area contributed by atoms with E-state index in [0.717, 1.165) is 27.8 Å². The molecular weight excluding hydrogens is 358 g/mol. The van der Waals surface area contributed by atoms with Crippen molar-refractivity contribution in [1.82, 2.24) is 15.3 Å². The summed E-state index contributed by atoms with van der Waals surface area (Å²) in [4.78, 5) is 31.1. The first-order chi connectivity index (χ1) is 13.6. The van der Waals surface area contributed by atoms with Gasteiger partial charge in [-0.05, 0) is 42.8 Å². The molecular formula is C21H19N3O4. The van der Waals surface area contributed by atoms with Gasteiger partial charge in [0.25, 0.3) is 5.91 Å². The quantitative estimate of drug-likeness (QED) is 0.504. The third-order valence-corrected chi connectivity index (χ3v) is 4.41. The van der Waals surface area contributed by atoms with E-state index in [2.05, 4.69) is 15.3 Å². The molecule has 0 aliphatic rings. The van der Waals surface area contributed by atoms with Crippen LogP contribution in [-0.2, 0) is 11.2 Å². The Balaban J connectivity index is 1.30. The minimum Gasteiger partial charge on any atom is -0.484 e. The van der Waals surface area contributed by atoms with Gasteiger partial charge in [-0.1, -0.05) is 12.1 Å². The summed E-state index contributed by atoms with van der Waals surface area (Å²) >= 11 is 0. The Morgan fingerprint density at radius 3 is 2.93 bits per heavy atom. The number of carbonyl (C=O) groups is 1. The molecule has 1 amide bonds. The van der Waals surface area contributed by atoms with Crippen LogP contribution in [0.1, 0.15) is 11.4 Å². The topological polar surface area (TPSA) is 97.2 Å². The van der Waals surface area contributed by atoms with E-state index in [9.17, 15) is 9.59 Å². The molecule has 0 saturated carbocycles. The average molecular weight is 377 g/mol. The molecule has 2 heterocycles. The second kappa shape index (κ2) is 7.56. The fourth-order valence-corrected chi connectivity index (χ4v) is 3.03. The van der Waals surface area contributed by atoms with Crippen LogP contribution in [0.15, 0.2) is 57.7 Å². The van der Waals surface area contributed by atoms with Gasteiger partial charge in [-0.25, -0.2) is 9.78 Å². The predicted molar refractivity (Wildman–Crippen MR) is 106 cm³/mol. The van der Waals surface area contributed by atoms with Crippen molar-refractivity contribution in [2.45, 2.75) is 13.3 Å². The number of benzene rings is 2. The highest BCUT2D eigenvalue weighted by molar-refractivity contribution is 5.82. The van der Waals surface area contributed by atoms with Crippen LogP contribution < -0.4 is 15.7 Å². The Labute approximate surface area is 160 Å². The Morgan fingerprint density at radius 2 is 2.07 bits per heavy atom. The number of para-hydroxylation sites is 2. The van der Waals surface area contributed by atoms with E-state index in [1.165, 1.54) is 6.07 Å². The summed E-state index contributed by atoms with van der Waals surface area (Å²) < 4.78 is 10.7. The van der Waals surface area contributed by atoms with E-state index < -0.39 is 0 Å². The van der Waals surface area contributed by atoms with Crippen LogP contribution in [0.3, 0.4) is 0 Å². The number of amides is 1.